The highest BCUT2D eigenvalue weighted by atomic mass is 32.1. The fourth-order valence-electron chi connectivity index (χ4n) is 2.87. The van der Waals surface area contributed by atoms with Crippen LogP contribution >= 0.6 is 34.0 Å². The van der Waals surface area contributed by atoms with E-state index in [1.165, 1.54) is 4.70 Å². The van der Waals surface area contributed by atoms with E-state index >= 15 is 0 Å². The van der Waals surface area contributed by atoms with Crippen molar-refractivity contribution in [2.24, 2.45) is 0 Å². The smallest absolute Gasteiger partial charge is 0.231 e. The number of benzene rings is 2. The molecule has 0 fully saturated rings. The van der Waals surface area contributed by atoms with E-state index in [0.29, 0.717) is 0 Å². The van der Waals surface area contributed by atoms with Crippen LogP contribution in [0.3, 0.4) is 0 Å². The summed E-state index contributed by atoms with van der Waals surface area (Å²) in [6, 6.07) is 12.0. The summed E-state index contributed by atoms with van der Waals surface area (Å²) < 4.78 is 13.1. The second-order valence-electron chi connectivity index (χ2n) is 5.84. The number of aromatic nitrogens is 3. The predicted molar refractivity (Wildman–Crippen MR) is 110 cm³/mol. The van der Waals surface area contributed by atoms with E-state index in [2.05, 4.69) is 26.3 Å². The van der Waals surface area contributed by atoms with Gasteiger partial charge in [-0.05, 0) is 12.1 Å². The molecule has 4 heterocycles. The molecule has 0 bridgehead atoms. The molecule has 0 unspecified atom stereocenters. The quantitative estimate of drug-likeness (QED) is 0.423. The average molecular weight is 411 g/mol. The number of ether oxygens (including phenoxy) is 2. The topological polar surface area (TPSA) is 69.2 Å². The summed E-state index contributed by atoms with van der Waals surface area (Å²) in [5, 5.41) is 7.83. The number of rotatable bonds is 3. The zero-order valence-corrected chi connectivity index (χ0v) is 16.1. The number of thiazole rings is 3. The van der Waals surface area contributed by atoms with E-state index in [9.17, 15) is 0 Å². The van der Waals surface area contributed by atoms with Gasteiger partial charge in [-0.2, -0.15) is 0 Å². The second-order valence-corrected chi connectivity index (χ2v) is 8.76. The molecular weight excluding hydrogens is 400 g/mol. The van der Waals surface area contributed by atoms with Gasteiger partial charge >= 0.3 is 0 Å². The van der Waals surface area contributed by atoms with Gasteiger partial charge in [-0.3, -0.25) is 0 Å². The standard InChI is InChI=1S/C18H10N4O2S3/c1-2-4-14-9(3-1)19-16(26-14)11-7-25-17(21-11)22-18-20-10-5-12-13(24-8-23-12)6-15(10)27-18/h1-7H,8H2,(H,20,21,22). The Morgan fingerprint density at radius 3 is 2.67 bits per heavy atom. The molecule has 1 N–H and O–H groups in total. The Balaban J connectivity index is 1.30. The highest BCUT2D eigenvalue weighted by Crippen LogP contribution is 2.40. The largest absolute Gasteiger partial charge is 0.454 e. The van der Waals surface area contributed by atoms with Crippen molar-refractivity contribution in [3.05, 3.63) is 41.8 Å². The first kappa shape index (κ1) is 15.3. The maximum Gasteiger partial charge on any atom is 0.231 e. The van der Waals surface area contributed by atoms with E-state index in [4.69, 9.17) is 9.47 Å². The van der Waals surface area contributed by atoms with Gasteiger partial charge in [0.05, 0.1) is 20.4 Å². The summed E-state index contributed by atoms with van der Waals surface area (Å²) >= 11 is 4.76. The van der Waals surface area contributed by atoms with Crippen LogP contribution in [0.25, 0.3) is 31.1 Å². The van der Waals surface area contributed by atoms with Gasteiger partial charge in [-0.25, -0.2) is 15.0 Å². The monoisotopic (exact) mass is 410 g/mol. The lowest BCUT2D eigenvalue weighted by Crippen LogP contribution is -1.92. The Morgan fingerprint density at radius 2 is 1.74 bits per heavy atom. The average Bonchev–Trinajstić information content (AvgIpc) is 3.44. The Labute approximate surface area is 165 Å². The third-order valence-corrected chi connectivity index (χ3v) is 6.86. The van der Waals surface area contributed by atoms with E-state index in [1.807, 2.05) is 35.7 Å². The highest BCUT2D eigenvalue weighted by molar-refractivity contribution is 7.23. The molecule has 0 spiro atoms. The van der Waals surface area contributed by atoms with E-state index in [0.717, 1.165) is 48.2 Å². The number of nitrogens with zero attached hydrogens (tertiary/aromatic N) is 3. The van der Waals surface area contributed by atoms with Crippen molar-refractivity contribution in [1.82, 2.24) is 15.0 Å². The normalized spacial score (nSPS) is 12.9. The van der Waals surface area contributed by atoms with Gasteiger partial charge in [0.25, 0.3) is 0 Å². The number of hydrogen-bond acceptors (Lipinski definition) is 9. The van der Waals surface area contributed by atoms with Crippen molar-refractivity contribution in [2.75, 3.05) is 12.1 Å². The van der Waals surface area contributed by atoms with Gasteiger partial charge in [-0.15, -0.1) is 22.7 Å². The molecule has 5 aromatic rings. The fraction of sp³-hybridized carbons (Fsp3) is 0.0556. The molecule has 1 aliphatic heterocycles. The molecular formula is C18H10N4O2S3. The van der Waals surface area contributed by atoms with Crippen LogP contribution in [0, 0.1) is 0 Å². The number of para-hydroxylation sites is 1. The van der Waals surface area contributed by atoms with Crippen molar-refractivity contribution in [1.29, 1.82) is 0 Å². The van der Waals surface area contributed by atoms with Gasteiger partial charge in [0.1, 0.15) is 10.7 Å². The lowest BCUT2D eigenvalue weighted by Gasteiger charge is -1.94. The molecule has 0 amide bonds. The van der Waals surface area contributed by atoms with Gasteiger partial charge in [0.15, 0.2) is 21.8 Å². The molecule has 2 aromatic carbocycles. The SMILES string of the molecule is c1ccc2sc(-c3csc(Nc4nc5cc6c(cc5s4)OCO6)n3)nc2c1. The van der Waals surface area contributed by atoms with Gasteiger partial charge in [0, 0.05) is 17.5 Å². The maximum atomic E-state index is 5.43. The fourth-order valence-corrected chi connectivity index (χ4v) is 5.51. The van der Waals surface area contributed by atoms with Crippen LogP contribution in [0.4, 0.5) is 10.3 Å². The molecule has 6 rings (SSSR count). The molecule has 0 aliphatic carbocycles. The minimum Gasteiger partial charge on any atom is -0.454 e. The molecule has 132 valence electrons. The molecule has 0 saturated heterocycles. The zero-order chi connectivity index (χ0) is 17.8. The van der Waals surface area contributed by atoms with Crippen LogP contribution in [-0.2, 0) is 0 Å². The van der Waals surface area contributed by atoms with Crippen LogP contribution < -0.4 is 14.8 Å². The minimum atomic E-state index is 0.269. The number of anilines is 2. The van der Waals surface area contributed by atoms with Gasteiger partial charge in [-0.1, -0.05) is 23.5 Å². The van der Waals surface area contributed by atoms with Crippen molar-refractivity contribution < 1.29 is 9.47 Å². The Bertz CT molecular complexity index is 1230. The van der Waals surface area contributed by atoms with Crippen LogP contribution in [-0.4, -0.2) is 21.7 Å². The van der Waals surface area contributed by atoms with Gasteiger partial charge < -0.3 is 14.8 Å². The minimum absolute atomic E-state index is 0.269. The number of nitrogens with one attached hydrogen (secondary N) is 1. The number of fused-ring (bicyclic) bond motifs is 3. The van der Waals surface area contributed by atoms with Gasteiger partial charge in [0.2, 0.25) is 6.79 Å². The molecule has 0 radical (unpaired) electrons. The predicted octanol–water partition coefficient (Wildman–Crippen LogP) is 5.50. The first-order chi connectivity index (χ1) is 13.3. The summed E-state index contributed by atoms with van der Waals surface area (Å²) in [5.41, 5.74) is 2.77. The summed E-state index contributed by atoms with van der Waals surface area (Å²) in [5.74, 6) is 1.51. The molecule has 6 nitrogen and oxygen atoms in total. The Kier molecular flexibility index (Phi) is 3.34. The molecule has 1 aliphatic rings. The molecule has 0 atom stereocenters. The number of hydrogen-bond donors (Lipinski definition) is 1. The van der Waals surface area contributed by atoms with E-state index < -0.39 is 0 Å². The molecule has 0 saturated carbocycles. The summed E-state index contributed by atoms with van der Waals surface area (Å²) in [4.78, 5) is 14.0. The first-order valence-corrected chi connectivity index (χ1v) is 10.6. The Hall–Kier alpha value is -2.75. The van der Waals surface area contributed by atoms with E-state index in [-0.39, 0.29) is 6.79 Å². The van der Waals surface area contributed by atoms with Crippen LogP contribution in [0.15, 0.2) is 41.8 Å². The lowest BCUT2D eigenvalue weighted by atomic mass is 10.3. The second kappa shape index (κ2) is 5.88. The summed E-state index contributed by atoms with van der Waals surface area (Å²) in [6.07, 6.45) is 0. The van der Waals surface area contributed by atoms with Crippen molar-refractivity contribution in [2.45, 2.75) is 0 Å². The summed E-state index contributed by atoms with van der Waals surface area (Å²) in [7, 11) is 0. The van der Waals surface area contributed by atoms with Crippen LogP contribution in [0.2, 0.25) is 0 Å². The van der Waals surface area contributed by atoms with Crippen molar-refractivity contribution in [3.8, 4) is 22.2 Å². The van der Waals surface area contributed by atoms with Crippen LogP contribution in [0.1, 0.15) is 0 Å². The van der Waals surface area contributed by atoms with Crippen LogP contribution in [0.5, 0.6) is 11.5 Å². The molecule has 9 heteroatoms. The summed E-state index contributed by atoms with van der Waals surface area (Å²) in [6.45, 7) is 0.269. The third-order valence-electron chi connectivity index (χ3n) is 4.11. The highest BCUT2D eigenvalue weighted by Gasteiger charge is 2.17. The first-order valence-electron chi connectivity index (χ1n) is 8.10. The maximum absolute atomic E-state index is 5.43. The molecule has 27 heavy (non-hydrogen) atoms. The van der Waals surface area contributed by atoms with Crippen molar-refractivity contribution >= 4 is 64.7 Å². The third kappa shape index (κ3) is 2.62. The zero-order valence-electron chi connectivity index (χ0n) is 13.6. The van der Waals surface area contributed by atoms with E-state index in [1.54, 1.807) is 34.0 Å². The molecule has 3 aromatic heterocycles. The van der Waals surface area contributed by atoms with Crippen molar-refractivity contribution in [3.63, 3.8) is 0 Å². The lowest BCUT2D eigenvalue weighted by molar-refractivity contribution is 0.174. The Morgan fingerprint density at radius 1 is 0.852 bits per heavy atom.